The molecule has 0 saturated heterocycles. The molecule has 0 bridgehead atoms. The SMILES string of the molecule is CN(C)CCOc1ccc([PH](O)(O)Oc2ccc(C(O)=C3CCSc4ccccc43)cc2)cc1. The number of ether oxygens (including phenoxy) is 1. The molecule has 0 saturated carbocycles. The number of thioether (sulfide) groups is 1. The Morgan fingerprint density at radius 3 is 2.32 bits per heavy atom. The summed E-state index contributed by atoms with van der Waals surface area (Å²) >= 11 is 1.79. The van der Waals surface area contributed by atoms with Gasteiger partial charge in [-0.05, 0) is 0 Å². The van der Waals surface area contributed by atoms with Gasteiger partial charge in [0.05, 0.1) is 0 Å². The number of aliphatic hydroxyl groups excluding tert-OH is 1. The quantitative estimate of drug-likeness (QED) is 0.305. The number of hydrogen-bond donors (Lipinski definition) is 3. The summed E-state index contributed by atoms with van der Waals surface area (Å²) in [6.45, 7) is 1.33. The van der Waals surface area contributed by atoms with Crippen molar-refractivity contribution in [2.75, 3.05) is 33.0 Å². The first-order chi connectivity index (χ1) is 16.3. The van der Waals surface area contributed by atoms with Crippen molar-refractivity contribution >= 4 is 36.3 Å². The van der Waals surface area contributed by atoms with Gasteiger partial charge in [-0.1, -0.05) is 0 Å². The molecule has 4 rings (SSSR count). The molecular weight excluding hydrogens is 469 g/mol. The number of benzene rings is 3. The summed E-state index contributed by atoms with van der Waals surface area (Å²) < 4.78 is 11.2. The molecule has 34 heavy (non-hydrogen) atoms. The summed E-state index contributed by atoms with van der Waals surface area (Å²) in [5.41, 5.74) is 2.64. The molecule has 3 N–H and O–H groups in total. The van der Waals surface area contributed by atoms with Gasteiger partial charge in [-0.3, -0.25) is 0 Å². The third kappa shape index (κ3) is 5.93. The zero-order valence-corrected chi connectivity index (χ0v) is 21.1. The van der Waals surface area contributed by atoms with Crippen molar-refractivity contribution in [2.45, 2.75) is 11.3 Å². The first-order valence-corrected chi connectivity index (χ1v) is 13.9. The predicted octanol–water partition coefficient (Wildman–Crippen LogP) is 4.73. The Kier molecular flexibility index (Phi) is 7.81. The van der Waals surface area contributed by atoms with Crippen LogP contribution in [0.3, 0.4) is 0 Å². The van der Waals surface area contributed by atoms with Crippen LogP contribution in [-0.4, -0.2) is 52.8 Å². The average molecular weight is 500 g/mol. The Balaban J connectivity index is 1.45. The normalized spacial score (nSPS) is 15.6. The second kappa shape index (κ2) is 10.8. The Bertz CT molecular complexity index is 1150. The molecule has 3 aromatic carbocycles. The number of likely N-dealkylation sites (N-methyl/N-ethyl adjacent to an activating group) is 1. The van der Waals surface area contributed by atoms with E-state index in [2.05, 4.69) is 6.07 Å². The second-order valence-corrected chi connectivity index (χ2v) is 11.5. The minimum atomic E-state index is -4.16. The molecule has 3 aromatic rings. The van der Waals surface area contributed by atoms with Crippen molar-refractivity contribution in [1.82, 2.24) is 4.90 Å². The molecule has 6 nitrogen and oxygen atoms in total. The van der Waals surface area contributed by atoms with E-state index in [0.717, 1.165) is 29.9 Å². The monoisotopic (exact) mass is 499 g/mol. The minimum absolute atomic E-state index is 0.237. The van der Waals surface area contributed by atoms with Crippen molar-refractivity contribution in [3.63, 3.8) is 0 Å². The number of fused-ring (bicyclic) bond motifs is 1. The van der Waals surface area contributed by atoms with E-state index in [0.29, 0.717) is 29.0 Å². The van der Waals surface area contributed by atoms with Gasteiger partial charge in [0.2, 0.25) is 0 Å². The molecule has 180 valence electrons. The van der Waals surface area contributed by atoms with E-state index in [4.69, 9.17) is 9.26 Å². The maximum absolute atomic E-state index is 10.9. The topological polar surface area (TPSA) is 82.4 Å². The zero-order chi connectivity index (χ0) is 24.1. The van der Waals surface area contributed by atoms with E-state index < -0.39 is 7.94 Å². The fourth-order valence-corrected chi connectivity index (χ4v) is 5.91. The number of aliphatic hydroxyl groups is 1. The summed E-state index contributed by atoms with van der Waals surface area (Å²) in [7, 11) is -0.213. The summed E-state index contributed by atoms with van der Waals surface area (Å²) in [5.74, 6) is 2.14. The molecule has 1 aliphatic rings. The maximum atomic E-state index is 10.9. The summed E-state index contributed by atoms with van der Waals surface area (Å²) in [6.07, 6.45) is 0.782. The van der Waals surface area contributed by atoms with Crippen LogP contribution >= 0.6 is 19.7 Å². The molecule has 0 atom stereocenters. The Labute approximate surface area is 205 Å². The summed E-state index contributed by atoms with van der Waals surface area (Å²) in [5, 5.41) is 11.3. The predicted molar refractivity (Wildman–Crippen MR) is 141 cm³/mol. The van der Waals surface area contributed by atoms with Crippen LogP contribution in [-0.2, 0) is 0 Å². The van der Waals surface area contributed by atoms with Gasteiger partial charge in [-0.2, -0.15) is 0 Å². The summed E-state index contributed by atoms with van der Waals surface area (Å²) in [6, 6.07) is 21.5. The molecule has 0 radical (unpaired) electrons. The number of rotatable bonds is 8. The van der Waals surface area contributed by atoms with Crippen LogP contribution in [0.25, 0.3) is 11.3 Å². The third-order valence-electron chi connectivity index (χ3n) is 5.53. The molecule has 0 unspecified atom stereocenters. The number of nitrogens with zero attached hydrogens (tertiary/aromatic N) is 1. The van der Waals surface area contributed by atoms with Crippen molar-refractivity contribution in [3.05, 3.63) is 83.9 Å². The zero-order valence-electron chi connectivity index (χ0n) is 19.3. The first kappa shape index (κ1) is 24.6. The number of hydrogen-bond acceptors (Lipinski definition) is 7. The van der Waals surface area contributed by atoms with E-state index >= 15 is 0 Å². The van der Waals surface area contributed by atoms with Gasteiger partial charge in [-0.25, -0.2) is 0 Å². The molecule has 0 fully saturated rings. The molecule has 0 aliphatic carbocycles. The van der Waals surface area contributed by atoms with Crippen LogP contribution in [0.4, 0.5) is 0 Å². The standard InChI is InChI=1S/C26H30NO5PS/c1-27(2)16-17-31-20-11-13-22(14-12-20)33(29,30)32-21-9-7-19(8-10-21)26(28)24-15-18-34-25-6-4-3-5-23(24)25/h3-14,28-30,33H,15-18H2,1-2H3. The summed E-state index contributed by atoms with van der Waals surface area (Å²) in [4.78, 5) is 24.5. The Morgan fingerprint density at radius 2 is 1.62 bits per heavy atom. The van der Waals surface area contributed by atoms with Gasteiger partial charge in [0.1, 0.15) is 0 Å². The van der Waals surface area contributed by atoms with Gasteiger partial charge in [-0.15, -0.1) is 0 Å². The van der Waals surface area contributed by atoms with Gasteiger partial charge < -0.3 is 0 Å². The van der Waals surface area contributed by atoms with Gasteiger partial charge in [0, 0.05) is 0 Å². The van der Waals surface area contributed by atoms with E-state index in [1.54, 1.807) is 60.3 Å². The van der Waals surface area contributed by atoms with Gasteiger partial charge in [0.15, 0.2) is 0 Å². The Morgan fingerprint density at radius 1 is 0.941 bits per heavy atom. The van der Waals surface area contributed by atoms with Crippen LogP contribution in [0, 0.1) is 0 Å². The molecule has 8 heteroatoms. The van der Waals surface area contributed by atoms with Gasteiger partial charge >= 0.3 is 205 Å². The van der Waals surface area contributed by atoms with Crippen molar-refractivity contribution in [3.8, 4) is 11.5 Å². The average Bonchev–Trinajstić information content (AvgIpc) is 2.83. The van der Waals surface area contributed by atoms with Crippen LogP contribution < -0.4 is 14.6 Å². The molecule has 0 spiro atoms. The van der Waals surface area contributed by atoms with Crippen molar-refractivity contribution < 1.29 is 24.2 Å². The second-order valence-electron chi connectivity index (χ2n) is 8.33. The van der Waals surface area contributed by atoms with E-state index in [1.165, 1.54) is 4.90 Å². The van der Waals surface area contributed by atoms with E-state index in [9.17, 15) is 14.9 Å². The van der Waals surface area contributed by atoms with E-state index in [-0.39, 0.29) is 5.76 Å². The molecular formula is C26H30NO5PS. The fraction of sp³-hybridized carbons (Fsp3) is 0.231. The third-order valence-corrected chi connectivity index (χ3v) is 8.21. The van der Waals surface area contributed by atoms with Crippen LogP contribution in [0.2, 0.25) is 0 Å². The van der Waals surface area contributed by atoms with Gasteiger partial charge in [0.25, 0.3) is 0 Å². The van der Waals surface area contributed by atoms with Crippen LogP contribution in [0.15, 0.2) is 77.7 Å². The molecule has 1 aliphatic heterocycles. The molecule has 1 heterocycles. The van der Waals surface area contributed by atoms with Crippen LogP contribution in [0.1, 0.15) is 17.5 Å². The van der Waals surface area contributed by atoms with E-state index in [1.807, 2.05) is 37.2 Å². The van der Waals surface area contributed by atoms with Crippen LogP contribution in [0.5, 0.6) is 11.5 Å². The Hall–Kier alpha value is -2.54. The number of allylic oxidation sites excluding steroid dienone is 1. The fourth-order valence-electron chi connectivity index (χ4n) is 3.68. The first-order valence-electron chi connectivity index (χ1n) is 11.1. The molecule has 0 amide bonds. The van der Waals surface area contributed by atoms with Crippen molar-refractivity contribution in [1.29, 1.82) is 0 Å². The van der Waals surface area contributed by atoms with Crippen molar-refractivity contribution in [2.24, 2.45) is 0 Å². The molecule has 0 aromatic heterocycles.